The Morgan fingerprint density at radius 1 is 1.64 bits per heavy atom. The first kappa shape index (κ1) is 7.53. The third-order valence-electron chi connectivity index (χ3n) is 1.30. The van der Waals surface area contributed by atoms with Crippen molar-refractivity contribution < 1.29 is 9.90 Å². The van der Waals surface area contributed by atoms with Crippen molar-refractivity contribution in [3.05, 3.63) is 27.7 Å². The largest absolute Gasteiger partial charge is 0.507 e. The number of nitrogens with one attached hydrogen (secondary N) is 1. The SMILES string of the molecule is Cc1cc(O)c(C=O)c(=O)[nH]1. The zero-order valence-corrected chi connectivity index (χ0v) is 5.92. The van der Waals surface area contributed by atoms with Crippen molar-refractivity contribution in [1.82, 2.24) is 4.98 Å². The molecule has 0 unspecified atom stereocenters. The van der Waals surface area contributed by atoms with Gasteiger partial charge in [0.05, 0.1) is 0 Å². The summed E-state index contributed by atoms with van der Waals surface area (Å²) in [5.41, 5.74) is -0.258. The Morgan fingerprint density at radius 2 is 2.27 bits per heavy atom. The van der Waals surface area contributed by atoms with Gasteiger partial charge in [0.15, 0.2) is 6.29 Å². The number of rotatable bonds is 1. The van der Waals surface area contributed by atoms with Crippen molar-refractivity contribution in [2.24, 2.45) is 0 Å². The van der Waals surface area contributed by atoms with Crippen LogP contribution in [0.2, 0.25) is 0 Å². The number of aromatic hydroxyl groups is 1. The molecule has 1 rings (SSSR count). The molecule has 1 aromatic rings. The van der Waals surface area contributed by atoms with Gasteiger partial charge in [0.25, 0.3) is 5.56 Å². The fourth-order valence-corrected chi connectivity index (χ4v) is 0.796. The van der Waals surface area contributed by atoms with Crippen LogP contribution in [0.25, 0.3) is 0 Å². The third kappa shape index (κ3) is 1.29. The molecule has 2 N–H and O–H groups in total. The Hall–Kier alpha value is -1.58. The average molecular weight is 153 g/mol. The normalized spacial score (nSPS) is 9.55. The van der Waals surface area contributed by atoms with E-state index in [-0.39, 0.29) is 11.3 Å². The average Bonchev–Trinajstić information content (AvgIpc) is 1.85. The summed E-state index contributed by atoms with van der Waals surface area (Å²) in [4.78, 5) is 23.4. The standard InChI is InChI=1S/C7H7NO3/c1-4-2-6(10)5(3-9)7(11)8-4/h2-3H,1H3,(H2,8,10,11). The lowest BCUT2D eigenvalue weighted by Crippen LogP contribution is -2.12. The van der Waals surface area contributed by atoms with Gasteiger partial charge in [-0.3, -0.25) is 9.59 Å². The van der Waals surface area contributed by atoms with Crippen LogP contribution < -0.4 is 5.56 Å². The maximum atomic E-state index is 10.8. The molecule has 0 bridgehead atoms. The molecule has 0 aromatic carbocycles. The third-order valence-corrected chi connectivity index (χ3v) is 1.30. The molecule has 1 heterocycles. The van der Waals surface area contributed by atoms with Gasteiger partial charge in [0, 0.05) is 5.69 Å². The zero-order chi connectivity index (χ0) is 8.43. The Labute approximate surface area is 62.5 Å². The second-order valence-corrected chi connectivity index (χ2v) is 2.20. The lowest BCUT2D eigenvalue weighted by atomic mass is 10.2. The number of aryl methyl sites for hydroxylation is 1. The van der Waals surface area contributed by atoms with Crippen molar-refractivity contribution in [1.29, 1.82) is 0 Å². The molecule has 0 spiro atoms. The van der Waals surface area contributed by atoms with E-state index in [9.17, 15) is 9.59 Å². The lowest BCUT2D eigenvalue weighted by Gasteiger charge is -1.96. The van der Waals surface area contributed by atoms with Crippen LogP contribution in [0.5, 0.6) is 5.75 Å². The van der Waals surface area contributed by atoms with Crippen LogP contribution in [0, 0.1) is 6.92 Å². The number of pyridine rings is 1. The Bertz CT molecular complexity index is 340. The number of hydrogen-bond donors (Lipinski definition) is 2. The van der Waals surface area contributed by atoms with Gasteiger partial charge in [0.2, 0.25) is 0 Å². The van der Waals surface area contributed by atoms with Crippen molar-refractivity contribution >= 4 is 6.29 Å². The Balaban J connectivity index is 3.49. The van der Waals surface area contributed by atoms with Gasteiger partial charge in [-0.15, -0.1) is 0 Å². The molecule has 58 valence electrons. The van der Waals surface area contributed by atoms with Crippen LogP contribution in [0.1, 0.15) is 16.1 Å². The van der Waals surface area contributed by atoms with Gasteiger partial charge in [0.1, 0.15) is 11.3 Å². The van der Waals surface area contributed by atoms with Gasteiger partial charge < -0.3 is 10.1 Å². The van der Waals surface area contributed by atoms with E-state index in [2.05, 4.69) is 4.98 Å². The molecule has 0 aliphatic heterocycles. The molecular weight excluding hydrogens is 146 g/mol. The molecule has 0 radical (unpaired) electrons. The number of H-pyrrole nitrogens is 1. The van der Waals surface area contributed by atoms with Crippen LogP contribution in [0.3, 0.4) is 0 Å². The Kier molecular flexibility index (Phi) is 1.76. The predicted octanol–water partition coefficient (Wildman–Crippen LogP) is 0.201. The second-order valence-electron chi connectivity index (χ2n) is 2.20. The zero-order valence-electron chi connectivity index (χ0n) is 5.92. The number of aromatic nitrogens is 1. The molecule has 11 heavy (non-hydrogen) atoms. The highest BCUT2D eigenvalue weighted by Crippen LogP contribution is 2.09. The number of aldehydes is 1. The van der Waals surface area contributed by atoms with Crippen LogP contribution >= 0.6 is 0 Å². The van der Waals surface area contributed by atoms with Gasteiger partial charge in [-0.25, -0.2) is 0 Å². The number of carbonyl (C=O) groups excluding carboxylic acids is 1. The van der Waals surface area contributed by atoms with Crippen LogP contribution in [-0.2, 0) is 0 Å². The van der Waals surface area contributed by atoms with E-state index in [0.29, 0.717) is 12.0 Å². The molecule has 4 heteroatoms. The monoisotopic (exact) mass is 153 g/mol. The van der Waals surface area contributed by atoms with E-state index in [4.69, 9.17) is 5.11 Å². The summed E-state index contributed by atoms with van der Waals surface area (Å²) in [6, 6.07) is 1.32. The summed E-state index contributed by atoms with van der Waals surface area (Å²) < 4.78 is 0. The van der Waals surface area contributed by atoms with E-state index >= 15 is 0 Å². The number of aromatic amines is 1. The molecular formula is C7H7NO3. The summed E-state index contributed by atoms with van der Waals surface area (Å²) in [5.74, 6) is -0.277. The minimum absolute atomic E-state index is 0.226. The second kappa shape index (κ2) is 2.57. The van der Waals surface area contributed by atoms with Crippen molar-refractivity contribution in [2.75, 3.05) is 0 Å². The highest BCUT2D eigenvalue weighted by atomic mass is 16.3. The van der Waals surface area contributed by atoms with Gasteiger partial charge >= 0.3 is 0 Å². The van der Waals surface area contributed by atoms with E-state index in [1.54, 1.807) is 6.92 Å². The van der Waals surface area contributed by atoms with E-state index in [1.165, 1.54) is 6.07 Å². The molecule has 1 aromatic heterocycles. The summed E-state index contributed by atoms with van der Waals surface area (Å²) in [5, 5.41) is 9.02. The molecule has 0 amide bonds. The highest BCUT2D eigenvalue weighted by molar-refractivity contribution is 5.78. The molecule has 4 nitrogen and oxygen atoms in total. The first-order chi connectivity index (χ1) is 5.15. The molecule has 0 saturated heterocycles. The minimum Gasteiger partial charge on any atom is -0.507 e. The van der Waals surface area contributed by atoms with Crippen molar-refractivity contribution in [3.8, 4) is 5.75 Å². The first-order valence-corrected chi connectivity index (χ1v) is 3.03. The molecule has 0 saturated carbocycles. The number of carbonyl (C=O) groups is 1. The van der Waals surface area contributed by atoms with Gasteiger partial charge in [-0.05, 0) is 13.0 Å². The van der Waals surface area contributed by atoms with Gasteiger partial charge in [-0.1, -0.05) is 0 Å². The molecule has 0 aliphatic rings. The smallest absolute Gasteiger partial charge is 0.262 e. The quantitative estimate of drug-likeness (QED) is 0.566. The van der Waals surface area contributed by atoms with Crippen LogP contribution in [0.15, 0.2) is 10.9 Å². The fourth-order valence-electron chi connectivity index (χ4n) is 0.796. The maximum Gasteiger partial charge on any atom is 0.262 e. The minimum atomic E-state index is -0.558. The predicted molar refractivity (Wildman–Crippen MR) is 38.9 cm³/mol. The van der Waals surface area contributed by atoms with Gasteiger partial charge in [-0.2, -0.15) is 0 Å². The van der Waals surface area contributed by atoms with Crippen molar-refractivity contribution in [2.45, 2.75) is 6.92 Å². The summed E-state index contributed by atoms with van der Waals surface area (Å²) in [6.07, 6.45) is 0.327. The molecule has 0 fully saturated rings. The highest BCUT2D eigenvalue weighted by Gasteiger charge is 2.04. The van der Waals surface area contributed by atoms with Crippen molar-refractivity contribution in [3.63, 3.8) is 0 Å². The maximum absolute atomic E-state index is 10.8. The van der Waals surface area contributed by atoms with E-state index in [1.807, 2.05) is 0 Å². The lowest BCUT2D eigenvalue weighted by molar-refractivity contribution is 0.111. The number of hydrogen-bond acceptors (Lipinski definition) is 3. The summed E-state index contributed by atoms with van der Waals surface area (Å²) in [7, 11) is 0. The topological polar surface area (TPSA) is 70.2 Å². The van der Waals surface area contributed by atoms with E-state index < -0.39 is 5.56 Å². The summed E-state index contributed by atoms with van der Waals surface area (Å²) >= 11 is 0. The fraction of sp³-hybridized carbons (Fsp3) is 0.143. The molecule has 0 aliphatic carbocycles. The van der Waals surface area contributed by atoms with Crippen LogP contribution in [0.4, 0.5) is 0 Å². The first-order valence-electron chi connectivity index (χ1n) is 3.03. The van der Waals surface area contributed by atoms with Crippen LogP contribution in [-0.4, -0.2) is 16.4 Å². The summed E-state index contributed by atoms with van der Waals surface area (Å²) in [6.45, 7) is 1.62. The molecule has 0 atom stereocenters. The Morgan fingerprint density at radius 3 is 2.73 bits per heavy atom. The van der Waals surface area contributed by atoms with E-state index in [0.717, 1.165) is 0 Å².